The fourth-order valence-corrected chi connectivity index (χ4v) is 2.16. The first kappa shape index (κ1) is 14.8. The molecule has 4 nitrogen and oxygen atoms in total. The summed E-state index contributed by atoms with van der Waals surface area (Å²) in [6.07, 6.45) is 0.854. The van der Waals surface area contributed by atoms with E-state index in [0.717, 1.165) is 18.6 Å². The summed E-state index contributed by atoms with van der Waals surface area (Å²) >= 11 is 2.94. The molecule has 0 fully saturated rings. The normalized spacial score (nSPS) is 10.8. The zero-order valence-electron chi connectivity index (χ0n) is 11.2. The summed E-state index contributed by atoms with van der Waals surface area (Å²) in [5.74, 6) is -0.643. The monoisotopic (exact) mass is 344 g/mol. The Morgan fingerprint density at radius 3 is 2.70 bits per heavy atom. The molecule has 0 unspecified atom stereocenters. The van der Waals surface area contributed by atoms with Crippen molar-refractivity contribution in [3.63, 3.8) is 0 Å². The molecule has 0 aliphatic carbocycles. The molecule has 0 aliphatic rings. The molecule has 0 radical (unpaired) electrons. The minimum Gasteiger partial charge on any atom is -0.394 e. The largest absolute Gasteiger partial charge is 0.394 e. The summed E-state index contributed by atoms with van der Waals surface area (Å²) in [4.78, 5) is 0. The van der Waals surface area contributed by atoms with E-state index in [9.17, 15) is 8.78 Å². The number of hydrogen-bond acceptors (Lipinski definition) is 3. The fraction of sp³-hybridized carbons (Fsp3) is 0.308. The first-order chi connectivity index (χ1) is 9.43. The van der Waals surface area contributed by atoms with Crippen LogP contribution >= 0.6 is 15.9 Å². The molecular weight excluding hydrogens is 330 g/mol. The number of nitrogens with one attached hydrogen (secondary N) is 1. The van der Waals surface area contributed by atoms with Gasteiger partial charge >= 0.3 is 0 Å². The zero-order chi connectivity index (χ0) is 14.9. The third kappa shape index (κ3) is 2.77. The van der Waals surface area contributed by atoms with Crippen LogP contribution in [0.1, 0.15) is 19.0 Å². The first-order valence-electron chi connectivity index (χ1n) is 6.18. The van der Waals surface area contributed by atoms with Crippen molar-refractivity contribution in [2.24, 2.45) is 0 Å². The van der Waals surface area contributed by atoms with Gasteiger partial charge in [-0.2, -0.15) is 5.10 Å². The second kappa shape index (κ2) is 5.78. The second-order valence-corrected chi connectivity index (χ2v) is 5.30. The maximum atomic E-state index is 13.8. The standard InChI is InChI=1S/C13H15BrF2N4/c1-3-4-20-13(12(17)7(2)19-20)18-11-6-9(15)8(14)5-10(11)16/h5-6,18H,3-4,17H2,1-2H3. The van der Waals surface area contributed by atoms with E-state index in [2.05, 4.69) is 26.3 Å². The quantitative estimate of drug-likeness (QED) is 0.825. The lowest BCUT2D eigenvalue weighted by atomic mass is 10.3. The lowest BCUT2D eigenvalue weighted by Gasteiger charge is -2.11. The van der Waals surface area contributed by atoms with Gasteiger partial charge in [0.05, 0.1) is 21.5 Å². The topological polar surface area (TPSA) is 55.9 Å². The van der Waals surface area contributed by atoms with E-state index in [0.29, 0.717) is 23.7 Å². The molecular formula is C13H15BrF2N4. The Labute approximate surface area is 124 Å². The van der Waals surface area contributed by atoms with Crippen LogP contribution in [-0.4, -0.2) is 9.78 Å². The van der Waals surface area contributed by atoms with Gasteiger partial charge in [0, 0.05) is 12.6 Å². The highest BCUT2D eigenvalue weighted by Crippen LogP contribution is 2.30. The third-order valence-corrected chi connectivity index (χ3v) is 3.48. The molecule has 7 heteroatoms. The fourth-order valence-electron chi connectivity index (χ4n) is 1.85. The average molecular weight is 345 g/mol. The van der Waals surface area contributed by atoms with Gasteiger partial charge in [0.2, 0.25) is 0 Å². The van der Waals surface area contributed by atoms with E-state index in [1.54, 1.807) is 11.6 Å². The van der Waals surface area contributed by atoms with Crippen LogP contribution in [0.25, 0.3) is 0 Å². The molecule has 20 heavy (non-hydrogen) atoms. The first-order valence-corrected chi connectivity index (χ1v) is 6.97. The van der Waals surface area contributed by atoms with Crippen molar-refractivity contribution in [1.82, 2.24) is 9.78 Å². The van der Waals surface area contributed by atoms with Crippen LogP contribution in [0.15, 0.2) is 16.6 Å². The Morgan fingerprint density at radius 1 is 1.35 bits per heavy atom. The molecule has 1 aromatic heterocycles. The van der Waals surface area contributed by atoms with Gasteiger partial charge in [-0.1, -0.05) is 6.92 Å². The number of aryl methyl sites for hydroxylation is 2. The second-order valence-electron chi connectivity index (χ2n) is 4.44. The van der Waals surface area contributed by atoms with Crippen molar-refractivity contribution in [1.29, 1.82) is 0 Å². The van der Waals surface area contributed by atoms with Gasteiger partial charge in [-0.3, -0.25) is 0 Å². The SMILES string of the molecule is CCCn1nc(C)c(N)c1Nc1cc(F)c(Br)cc1F. The summed E-state index contributed by atoms with van der Waals surface area (Å²) in [7, 11) is 0. The predicted octanol–water partition coefficient (Wildman–Crippen LogP) is 3.97. The summed E-state index contributed by atoms with van der Waals surface area (Å²) in [5.41, 5.74) is 7.03. The number of aromatic nitrogens is 2. The summed E-state index contributed by atoms with van der Waals surface area (Å²) in [6, 6.07) is 2.15. The van der Waals surface area contributed by atoms with Gasteiger partial charge in [-0.15, -0.1) is 0 Å². The van der Waals surface area contributed by atoms with Crippen LogP contribution in [0.3, 0.4) is 0 Å². The summed E-state index contributed by atoms with van der Waals surface area (Å²) in [6.45, 7) is 4.41. The third-order valence-electron chi connectivity index (χ3n) is 2.87. The van der Waals surface area contributed by atoms with E-state index in [1.807, 2.05) is 6.92 Å². The molecule has 1 aromatic carbocycles. The lowest BCUT2D eigenvalue weighted by Crippen LogP contribution is -2.07. The Bertz CT molecular complexity index is 640. The molecule has 1 heterocycles. The van der Waals surface area contributed by atoms with Crippen molar-refractivity contribution in [2.45, 2.75) is 26.8 Å². The average Bonchev–Trinajstić information content (AvgIpc) is 2.64. The smallest absolute Gasteiger partial charge is 0.152 e. The van der Waals surface area contributed by atoms with Gasteiger partial charge in [0.25, 0.3) is 0 Å². The van der Waals surface area contributed by atoms with Crippen LogP contribution in [0.4, 0.5) is 26.0 Å². The lowest BCUT2D eigenvalue weighted by molar-refractivity contribution is 0.593. The minimum atomic E-state index is -0.570. The molecule has 0 saturated carbocycles. The van der Waals surface area contributed by atoms with Crippen molar-refractivity contribution < 1.29 is 8.78 Å². The van der Waals surface area contributed by atoms with Crippen LogP contribution in [0.5, 0.6) is 0 Å². The van der Waals surface area contributed by atoms with Crippen molar-refractivity contribution in [3.8, 4) is 0 Å². The van der Waals surface area contributed by atoms with E-state index in [-0.39, 0.29) is 10.2 Å². The molecule has 108 valence electrons. The van der Waals surface area contributed by atoms with Gasteiger partial charge in [0.1, 0.15) is 11.6 Å². The van der Waals surface area contributed by atoms with E-state index in [4.69, 9.17) is 5.73 Å². The highest BCUT2D eigenvalue weighted by Gasteiger charge is 2.15. The van der Waals surface area contributed by atoms with Crippen molar-refractivity contribution >= 4 is 33.1 Å². The van der Waals surface area contributed by atoms with Crippen LogP contribution in [0.2, 0.25) is 0 Å². The molecule has 2 aromatic rings. The van der Waals surface area contributed by atoms with E-state index < -0.39 is 11.6 Å². The zero-order valence-corrected chi connectivity index (χ0v) is 12.8. The highest BCUT2D eigenvalue weighted by molar-refractivity contribution is 9.10. The van der Waals surface area contributed by atoms with Crippen LogP contribution < -0.4 is 11.1 Å². The molecule has 2 rings (SSSR count). The molecule has 0 atom stereocenters. The number of benzene rings is 1. The number of nitrogen functional groups attached to an aromatic ring is 1. The predicted molar refractivity (Wildman–Crippen MR) is 79.0 cm³/mol. The van der Waals surface area contributed by atoms with E-state index in [1.165, 1.54) is 0 Å². The van der Waals surface area contributed by atoms with Gasteiger partial charge < -0.3 is 11.1 Å². The Kier molecular flexibility index (Phi) is 4.27. The Hall–Kier alpha value is -1.63. The summed E-state index contributed by atoms with van der Waals surface area (Å²) < 4.78 is 29.1. The van der Waals surface area contributed by atoms with Crippen molar-refractivity contribution in [3.05, 3.63) is 33.9 Å². The van der Waals surface area contributed by atoms with Crippen molar-refractivity contribution in [2.75, 3.05) is 11.1 Å². The Balaban J connectivity index is 2.42. The van der Waals surface area contributed by atoms with Gasteiger partial charge in [-0.05, 0) is 35.3 Å². The number of rotatable bonds is 4. The molecule has 0 amide bonds. The molecule has 0 saturated heterocycles. The van der Waals surface area contributed by atoms with Gasteiger partial charge in [0.15, 0.2) is 5.82 Å². The maximum absolute atomic E-state index is 13.8. The van der Waals surface area contributed by atoms with Gasteiger partial charge in [-0.25, -0.2) is 13.5 Å². The molecule has 3 N–H and O–H groups in total. The van der Waals surface area contributed by atoms with E-state index >= 15 is 0 Å². The maximum Gasteiger partial charge on any atom is 0.152 e. The minimum absolute atomic E-state index is 0.0228. The molecule has 0 bridgehead atoms. The highest BCUT2D eigenvalue weighted by atomic mass is 79.9. The number of halogens is 3. The molecule has 0 spiro atoms. The Morgan fingerprint density at radius 2 is 2.05 bits per heavy atom. The van der Waals surface area contributed by atoms with Crippen LogP contribution in [-0.2, 0) is 6.54 Å². The summed E-state index contributed by atoms with van der Waals surface area (Å²) in [5, 5.41) is 7.09. The number of nitrogens with two attached hydrogens (primary N) is 1. The van der Waals surface area contributed by atoms with Crippen LogP contribution in [0, 0.1) is 18.6 Å². The molecule has 0 aliphatic heterocycles. The number of nitrogens with zero attached hydrogens (tertiary/aromatic N) is 2. The number of hydrogen-bond donors (Lipinski definition) is 2. The number of anilines is 3.